The van der Waals surface area contributed by atoms with Crippen LogP contribution in [0.5, 0.6) is 5.75 Å². The van der Waals surface area contributed by atoms with Gasteiger partial charge in [-0.25, -0.2) is 0 Å². The molecule has 1 aliphatic carbocycles. The molecule has 0 spiro atoms. The first kappa shape index (κ1) is 13.5. The van der Waals surface area contributed by atoms with Crippen molar-refractivity contribution in [1.29, 1.82) is 0 Å². The number of rotatable bonds is 6. The number of hydrogen-bond donors (Lipinski definition) is 3. The number of hydrogen-bond acceptors (Lipinski definition) is 4. The molecule has 1 amide bonds. The van der Waals surface area contributed by atoms with Gasteiger partial charge in [0.1, 0.15) is 11.8 Å². The molecule has 5 heteroatoms. The Morgan fingerprint density at radius 2 is 2.26 bits per heavy atom. The Labute approximate surface area is 113 Å². The number of nitrogens with one attached hydrogen (secondary N) is 2. The van der Waals surface area contributed by atoms with Gasteiger partial charge in [-0.05, 0) is 38.8 Å². The van der Waals surface area contributed by atoms with E-state index in [-0.39, 0.29) is 11.9 Å². The van der Waals surface area contributed by atoms with Crippen LogP contribution in [-0.2, 0) is 4.79 Å². The number of carbonyl (C=O) groups excluding carboxylic acids is 1. The summed E-state index contributed by atoms with van der Waals surface area (Å²) in [6.07, 6.45) is 2.18. The van der Waals surface area contributed by atoms with Crippen molar-refractivity contribution in [2.75, 3.05) is 17.7 Å². The van der Waals surface area contributed by atoms with E-state index in [4.69, 9.17) is 10.5 Å². The average Bonchev–Trinajstić information content (AvgIpc) is 3.17. The molecule has 19 heavy (non-hydrogen) atoms. The first-order valence-electron chi connectivity index (χ1n) is 6.69. The Bertz CT molecular complexity index is 458. The Morgan fingerprint density at radius 1 is 1.53 bits per heavy atom. The highest BCUT2D eigenvalue weighted by Gasteiger charge is 2.25. The molecule has 1 saturated carbocycles. The zero-order chi connectivity index (χ0) is 13.8. The van der Waals surface area contributed by atoms with Crippen molar-refractivity contribution in [3.63, 3.8) is 0 Å². The van der Waals surface area contributed by atoms with Gasteiger partial charge in [-0.2, -0.15) is 0 Å². The van der Waals surface area contributed by atoms with Crippen molar-refractivity contribution in [3.05, 3.63) is 18.2 Å². The van der Waals surface area contributed by atoms with Gasteiger partial charge in [0, 0.05) is 17.8 Å². The largest absolute Gasteiger partial charge is 0.492 e. The predicted octanol–water partition coefficient (Wildman–Crippen LogP) is 1.75. The monoisotopic (exact) mass is 263 g/mol. The van der Waals surface area contributed by atoms with Crippen LogP contribution >= 0.6 is 0 Å². The highest BCUT2D eigenvalue weighted by molar-refractivity contribution is 5.84. The van der Waals surface area contributed by atoms with E-state index in [2.05, 4.69) is 10.6 Å². The molecule has 1 fully saturated rings. The summed E-state index contributed by atoms with van der Waals surface area (Å²) in [5.41, 5.74) is 7.24. The van der Waals surface area contributed by atoms with Crippen LogP contribution in [0.4, 0.5) is 11.4 Å². The summed E-state index contributed by atoms with van der Waals surface area (Å²) in [5, 5.41) is 6.12. The van der Waals surface area contributed by atoms with Gasteiger partial charge in [-0.15, -0.1) is 0 Å². The van der Waals surface area contributed by atoms with Gasteiger partial charge < -0.3 is 21.1 Å². The van der Waals surface area contributed by atoms with Crippen LogP contribution in [0.3, 0.4) is 0 Å². The molecule has 1 aromatic carbocycles. The van der Waals surface area contributed by atoms with Gasteiger partial charge in [0.25, 0.3) is 0 Å². The van der Waals surface area contributed by atoms with E-state index in [9.17, 15) is 4.79 Å². The lowest BCUT2D eigenvalue weighted by Crippen LogP contribution is -2.38. The van der Waals surface area contributed by atoms with Gasteiger partial charge in [-0.1, -0.05) is 0 Å². The molecular weight excluding hydrogens is 242 g/mol. The van der Waals surface area contributed by atoms with E-state index >= 15 is 0 Å². The molecule has 2 rings (SSSR count). The quantitative estimate of drug-likeness (QED) is 0.683. The number of amides is 1. The van der Waals surface area contributed by atoms with Crippen LogP contribution in [0.15, 0.2) is 18.2 Å². The Hall–Kier alpha value is -1.91. The summed E-state index contributed by atoms with van der Waals surface area (Å²) in [6.45, 7) is 4.31. The second kappa shape index (κ2) is 5.82. The number of nitrogen functional groups attached to an aromatic ring is 1. The minimum absolute atomic E-state index is 0.0253. The van der Waals surface area contributed by atoms with Crippen LogP contribution in [0.1, 0.15) is 26.7 Å². The van der Waals surface area contributed by atoms with Crippen LogP contribution < -0.4 is 21.1 Å². The lowest BCUT2D eigenvalue weighted by molar-refractivity contribution is -0.121. The van der Waals surface area contributed by atoms with Gasteiger partial charge >= 0.3 is 0 Å². The van der Waals surface area contributed by atoms with Crippen LogP contribution in [-0.4, -0.2) is 24.6 Å². The molecule has 1 unspecified atom stereocenters. The molecule has 104 valence electrons. The van der Waals surface area contributed by atoms with Gasteiger partial charge in [0.05, 0.1) is 12.3 Å². The standard InChI is InChI=1S/C14H21N3O2/c1-3-19-13-8-11(6-7-12(13)15)16-9(2)14(18)17-10-4-5-10/h6-10,16H,3-5,15H2,1-2H3,(H,17,18). The van der Waals surface area contributed by atoms with Crippen LogP contribution in [0.25, 0.3) is 0 Å². The number of carbonyl (C=O) groups is 1. The van der Waals surface area contributed by atoms with Crippen molar-refractivity contribution >= 4 is 17.3 Å². The Morgan fingerprint density at radius 3 is 2.89 bits per heavy atom. The topological polar surface area (TPSA) is 76.4 Å². The lowest BCUT2D eigenvalue weighted by atomic mass is 10.2. The van der Waals surface area contributed by atoms with E-state index in [1.165, 1.54) is 0 Å². The summed E-state index contributed by atoms with van der Waals surface area (Å²) in [7, 11) is 0. The fourth-order valence-electron chi connectivity index (χ4n) is 1.77. The van der Waals surface area contributed by atoms with Gasteiger partial charge in [-0.3, -0.25) is 4.79 Å². The van der Waals surface area contributed by atoms with Crippen molar-refractivity contribution in [2.24, 2.45) is 0 Å². The third kappa shape index (κ3) is 3.77. The first-order valence-corrected chi connectivity index (χ1v) is 6.69. The molecule has 0 aromatic heterocycles. The number of ether oxygens (including phenoxy) is 1. The van der Waals surface area contributed by atoms with Gasteiger partial charge in [0.2, 0.25) is 5.91 Å². The number of benzene rings is 1. The van der Waals surface area contributed by atoms with Crippen molar-refractivity contribution in [3.8, 4) is 5.75 Å². The summed E-state index contributed by atoms with van der Waals surface area (Å²) in [6, 6.07) is 5.54. The molecular formula is C14H21N3O2. The zero-order valence-corrected chi connectivity index (χ0v) is 11.4. The zero-order valence-electron chi connectivity index (χ0n) is 11.4. The molecule has 0 saturated heterocycles. The number of anilines is 2. The maximum atomic E-state index is 11.8. The molecule has 0 heterocycles. The minimum atomic E-state index is -0.279. The molecule has 1 atom stereocenters. The SMILES string of the molecule is CCOc1cc(NC(C)C(=O)NC2CC2)ccc1N. The Balaban J connectivity index is 1.97. The predicted molar refractivity (Wildman–Crippen MR) is 76.3 cm³/mol. The molecule has 0 radical (unpaired) electrons. The molecule has 0 bridgehead atoms. The van der Waals surface area contributed by atoms with Crippen molar-refractivity contribution < 1.29 is 9.53 Å². The fourth-order valence-corrected chi connectivity index (χ4v) is 1.77. The minimum Gasteiger partial charge on any atom is -0.492 e. The van der Waals surface area contributed by atoms with Crippen LogP contribution in [0.2, 0.25) is 0 Å². The van der Waals surface area contributed by atoms with Crippen LogP contribution in [0, 0.1) is 0 Å². The van der Waals surface area contributed by atoms with E-state index in [1.54, 1.807) is 6.07 Å². The number of nitrogens with two attached hydrogens (primary N) is 1. The van der Waals surface area contributed by atoms with Gasteiger partial charge in [0.15, 0.2) is 0 Å². The Kier molecular flexibility index (Phi) is 4.14. The smallest absolute Gasteiger partial charge is 0.242 e. The van der Waals surface area contributed by atoms with Crippen molar-refractivity contribution in [2.45, 2.75) is 38.8 Å². The molecule has 1 aromatic rings. The van der Waals surface area contributed by atoms with Crippen molar-refractivity contribution in [1.82, 2.24) is 5.32 Å². The third-order valence-corrected chi connectivity index (χ3v) is 3.01. The highest BCUT2D eigenvalue weighted by Crippen LogP contribution is 2.26. The second-order valence-electron chi connectivity index (χ2n) is 4.83. The summed E-state index contributed by atoms with van der Waals surface area (Å²) in [4.78, 5) is 11.8. The average molecular weight is 263 g/mol. The summed E-state index contributed by atoms with van der Waals surface area (Å²) >= 11 is 0. The maximum absolute atomic E-state index is 11.8. The normalized spacial score (nSPS) is 15.7. The lowest BCUT2D eigenvalue weighted by Gasteiger charge is -2.16. The first-order chi connectivity index (χ1) is 9.10. The van der Waals surface area contributed by atoms with E-state index in [0.29, 0.717) is 24.1 Å². The fraction of sp³-hybridized carbons (Fsp3) is 0.500. The molecule has 4 N–H and O–H groups in total. The van der Waals surface area contributed by atoms with E-state index in [0.717, 1.165) is 18.5 Å². The highest BCUT2D eigenvalue weighted by atomic mass is 16.5. The summed E-state index contributed by atoms with van der Waals surface area (Å²) in [5.74, 6) is 0.666. The van der Waals surface area contributed by atoms with E-state index in [1.807, 2.05) is 26.0 Å². The molecule has 5 nitrogen and oxygen atoms in total. The third-order valence-electron chi connectivity index (χ3n) is 3.01. The summed E-state index contributed by atoms with van der Waals surface area (Å²) < 4.78 is 5.43. The van der Waals surface area contributed by atoms with E-state index < -0.39 is 0 Å². The second-order valence-corrected chi connectivity index (χ2v) is 4.83. The molecule has 0 aliphatic heterocycles. The maximum Gasteiger partial charge on any atom is 0.242 e. The molecule has 1 aliphatic rings.